The van der Waals surface area contributed by atoms with Crippen LogP contribution < -0.4 is 30.4 Å². The molecule has 1 aliphatic heterocycles. The second-order valence-corrected chi connectivity index (χ2v) is 7.89. The predicted octanol–water partition coefficient (Wildman–Crippen LogP) is 3.88. The molecule has 0 unspecified atom stereocenters. The number of nitrogens with zero attached hydrogens (tertiary/aromatic N) is 3. The Labute approximate surface area is 216 Å². The van der Waals surface area contributed by atoms with Gasteiger partial charge in [0.25, 0.3) is 11.6 Å². The summed E-state index contributed by atoms with van der Waals surface area (Å²) < 4.78 is 10.7. The molecule has 3 N–H and O–H groups in total. The van der Waals surface area contributed by atoms with E-state index in [0.29, 0.717) is 28.6 Å². The summed E-state index contributed by atoms with van der Waals surface area (Å²) in [5, 5.41) is 20.6. The number of hydrogen-bond acceptors (Lipinski definition) is 8. The highest BCUT2D eigenvalue weighted by molar-refractivity contribution is 7.80. The second kappa shape index (κ2) is 11.1. The van der Waals surface area contributed by atoms with Gasteiger partial charge in [0.1, 0.15) is 11.5 Å². The van der Waals surface area contributed by atoms with E-state index >= 15 is 0 Å². The van der Waals surface area contributed by atoms with Crippen molar-refractivity contribution in [1.82, 2.24) is 5.43 Å². The molecule has 3 amide bonds. The summed E-state index contributed by atoms with van der Waals surface area (Å²) >= 11 is 5.46. The lowest BCUT2D eigenvalue weighted by molar-refractivity contribution is -0.385. The van der Waals surface area contributed by atoms with Gasteiger partial charge in [0, 0.05) is 23.5 Å². The molecule has 0 bridgehead atoms. The largest absolute Gasteiger partial charge is 0.497 e. The lowest BCUT2D eigenvalue weighted by atomic mass is 10.2. The Kier molecular flexibility index (Phi) is 7.54. The molecule has 3 aromatic carbocycles. The quantitative estimate of drug-likeness (QED) is 0.192. The van der Waals surface area contributed by atoms with E-state index < -0.39 is 11.0 Å². The molecule has 0 atom stereocenters. The Morgan fingerprint density at radius 3 is 2.59 bits per heavy atom. The van der Waals surface area contributed by atoms with E-state index in [1.165, 1.54) is 35.4 Å². The molecule has 12 nitrogen and oxygen atoms in total. The minimum absolute atomic E-state index is 0.140. The molecule has 0 saturated heterocycles. The van der Waals surface area contributed by atoms with E-state index in [-0.39, 0.29) is 28.9 Å². The SMILES string of the molecule is COc1ccc(NC(=S)N2C(=O)COc3cc(NC(=O)N/N=C\c4ccccc4[N+](=O)[O-])ccc32)cc1. The number of rotatable bonds is 6. The minimum Gasteiger partial charge on any atom is -0.497 e. The summed E-state index contributed by atoms with van der Waals surface area (Å²) in [6.45, 7) is -0.243. The number of thiocarbonyl (C=S) groups is 1. The number of nitrogens with one attached hydrogen (secondary N) is 3. The van der Waals surface area contributed by atoms with Gasteiger partial charge < -0.3 is 20.1 Å². The van der Waals surface area contributed by atoms with Gasteiger partial charge in [0.2, 0.25) is 0 Å². The van der Waals surface area contributed by atoms with Crippen LogP contribution in [0.2, 0.25) is 0 Å². The molecule has 4 rings (SSSR count). The molecule has 188 valence electrons. The topological polar surface area (TPSA) is 147 Å². The van der Waals surface area contributed by atoms with Crippen LogP contribution in [-0.4, -0.2) is 41.9 Å². The molecule has 0 aromatic heterocycles. The first-order valence-corrected chi connectivity index (χ1v) is 11.1. The molecule has 0 spiro atoms. The van der Waals surface area contributed by atoms with Crippen molar-refractivity contribution in [3.63, 3.8) is 0 Å². The van der Waals surface area contributed by atoms with E-state index in [4.69, 9.17) is 21.7 Å². The predicted molar refractivity (Wildman–Crippen MR) is 141 cm³/mol. The molecular weight excluding hydrogens is 500 g/mol. The molecule has 0 fully saturated rings. The van der Waals surface area contributed by atoms with Crippen molar-refractivity contribution in [2.45, 2.75) is 0 Å². The van der Waals surface area contributed by atoms with Gasteiger partial charge in [0.05, 0.1) is 29.5 Å². The number of nitro benzene ring substituents is 1. The van der Waals surface area contributed by atoms with Crippen molar-refractivity contribution in [2.24, 2.45) is 5.10 Å². The molecule has 0 saturated carbocycles. The number of benzene rings is 3. The van der Waals surface area contributed by atoms with Crippen molar-refractivity contribution in [3.05, 3.63) is 82.4 Å². The smallest absolute Gasteiger partial charge is 0.339 e. The molecule has 3 aromatic rings. The summed E-state index contributed by atoms with van der Waals surface area (Å²) in [6.07, 6.45) is 1.17. The first kappa shape index (κ1) is 25.1. The van der Waals surface area contributed by atoms with Gasteiger partial charge in [-0.1, -0.05) is 12.1 Å². The maximum atomic E-state index is 12.6. The molecular formula is C24H20N6O6S. The average molecular weight is 521 g/mol. The van der Waals surface area contributed by atoms with Gasteiger partial charge in [-0.15, -0.1) is 0 Å². The van der Waals surface area contributed by atoms with E-state index in [9.17, 15) is 19.7 Å². The number of carbonyl (C=O) groups excluding carboxylic acids is 2. The summed E-state index contributed by atoms with van der Waals surface area (Å²) in [5.41, 5.74) is 3.78. The highest BCUT2D eigenvalue weighted by atomic mass is 32.1. The third kappa shape index (κ3) is 5.97. The number of ether oxygens (including phenoxy) is 2. The molecule has 1 aliphatic rings. The van der Waals surface area contributed by atoms with Crippen LogP contribution in [0.1, 0.15) is 5.56 Å². The Bertz CT molecular complexity index is 1390. The average Bonchev–Trinajstić information content (AvgIpc) is 2.89. The number of hydrogen-bond donors (Lipinski definition) is 3. The number of amides is 3. The zero-order chi connectivity index (χ0) is 26.4. The maximum Gasteiger partial charge on any atom is 0.339 e. The fraction of sp³-hybridized carbons (Fsp3) is 0.0833. The van der Waals surface area contributed by atoms with Gasteiger partial charge in [0.15, 0.2) is 11.7 Å². The van der Waals surface area contributed by atoms with E-state index in [1.807, 2.05) is 0 Å². The highest BCUT2D eigenvalue weighted by Crippen LogP contribution is 2.35. The van der Waals surface area contributed by atoms with Crippen LogP contribution in [0.15, 0.2) is 71.8 Å². The fourth-order valence-electron chi connectivity index (χ4n) is 3.39. The third-order valence-corrected chi connectivity index (χ3v) is 5.39. The molecule has 0 radical (unpaired) electrons. The Morgan fingerprint density at radius 1 is 1.14 bits per heavy atom. The standard InChI is InChI=1S/C24H20N6O6S/c1-35-18-9-6-16(7-10-18)27-24(37)29-20-11-8-17(12-21(20)36-14-22(29)31)26-23(32)28-25-13-15-4-2-3-5-19(15)30(33)34/h2-13H,14H2,1H3,(H,27,37)(H2,26,28,32)/b25-13-. The molecule has 13 heteroatoms. The van der Waals surface area contributed by atoms with Crippen molar-refractivity contribution < 1.29 is 24.0 Å². The Morgan fingerprint density at radius 2 is 1.86 bits per heavy atom. The van der Waals surface area contributed by atoms with Crippen molar-refractivity contribution in [2.75, 3.05) is 29.3 Å². The number of anilines is 3. The minimum atomic E-state index is -0.685. The number of carbonyl (C=O) groups is 2. The van der Waals surface area contributed by atoms with Gasteiger partial charge in [-0.25, -0.2) is 10.2 Å². The fourth-order valence-corrected chi connectivity index (χ4v) is 3.71. The lowest BCUT2D eigenvalue weighted by Gasteiger charge is -2.30. The third-order valence-electron chi connectivity index (χ3n) is 5.11. The second-order valence-electron chi connectivity index (χ2n) is 7.50. The van der Waals surface area contributed by atoms with Gasteiger partial charge in [-0.3, -0.25) is 19.8 Å². The van der Waals surface area contributed by atoms with Crippen molar-refractivity contribution >= 4 is 58.2 Å². The molecule has 1 heterocycles. The van der Waals surface area contributed by atoms with Crippen LogP contribution in [0.5, 0.6) is 11.5 Å². The molecule has 0 aliphatic carbocycles. The number of methoxy groups -OCH3 is 1. The Hall–Kier alpha value is -5.04. The number of para-hydroxylation sites is 1. The van der Waals surface area contributed by atoms with E-state index in [1.54, 1.807) is 49.6 Å². The summed E-state index contributed by atoms with van der Waals surface area (Å²) in [7, 11) is 1.56. The van der Waals surface area contributed by atoms with Crippen LogP contribution in [0.25, 0.3) is 0 Å². The van der Waals surface area contributed by atoms with Crippen molar-refractivity contribution in [1.29, 1.82) is 0 Å². The van der Waals surface area contributed by atoms with Crippen LogP contribution in [0.3, 0.4) is 0 Å². The number of fused-ring (bicyclic) bond motifs is 1. The first-order valence-electron chi connectivity index (χ1n) is 10.7. The summed E-state index contributed by atoms with van der Waals surface area (Å²) in [5.74, 6) is 0.654. The number of nitro groups is 1. The first-order chi connectivity index (χ1) is 17.9. The Balaban J connectivity index is 1.42. The monoisotopic (exact) mass is 520 g/mol. The number of urea groups is 1. The van der Waals surface area contributed by atoms with E-state index in [0.717, 1.165) is 0 Å². The van der Waals surface area contributed by atoms with Crippen LogP contribution >= 0.6 is 12.2 Å². The van der Waals surface area contributed by atoms with Crippen molar-refractivity contribution in [3.8, 4) is 11.5 Å². The summed E-state index contributed by atoms with van der Waals surface area (Å²) in [4.78, 5) is 36.7. The highest BCUT2D eigenvalue weighted by Gasteiger charge is 2.29. The van der Waals surface area contributed by atoms with Crippen LogP contribution in [0, 0.1) is 10.1 Å². The summed E-state index contributed by atoms with van der Waals surface area (Å²) in [6, 6.07) is 17.0. The zero-order valence-corrected chi connectivity index (χ0v) is 20.2. The van der Waals surface area contributed by atoms with Crippen LogP contribution in [-0.2, 0) is 4.79 Å². The van der Waals surface area contributed by atoms with E-state index in [2.05, 4.69) is 21.2 Å². The number of hydrazone groups is 1. The van der Waals surface area contributed by atoms with Crippen LogP contribution in [0.4, 0.5) is 27.5 Å². The van der Waals surface area contributed by atoms with Gasteiger partial charge in [-0.2, -0.15) is 5.10 Å². The van der Waals surface area contributed by atoms with Gasteiger partial charge in [-0.05, 0) is 54.7 Å². The normalized spacial score (nSPS) is 12.4. The lowest BCUT2D eigenvalue weighted by Crippen LogP contribution is -2.45. The maximum absolute atomic E-state index is 12.6. The van der Waals surface area contributed by atoms with Gasteiger partial charge >= 0.3 is 6.03 Å². The molecule has 37 heavy (non-hydrogen) atoms. The zero-order valence-electron chi connectivity index (χ0n) is 19.3.